The van der Waals surface area contributed by atoms with Crippen LogP contribution in [0.4, 0.5) is 5.69 Å². The summed E-state index contributed by atoms with van der Waals surface area (Å²) in [5.41, 5.74) is 1.10. The van der Waals surface area contributed by atoms with Crippen molar-refractivity contribution in [1.29, 1.82) is 0 Å². The third kappa shape index (κ3) is 2.78. The minimum atomic E-state index is -0.232. The molecule has 1 heterocycles. The molecule has 2 aromatic rings. The highest BCUT2D eigenvalue weighted by atomic mass is 35.5. The number of halogens is 1. The smallest absolute Gasteiger partial charge is 0.257 e. The first-order valence-corrected chi connectivity index (χ1v) is 5.63. The van der Waals surface area contributed by atoms with Crippen LogP contribution in [0.25, 0.3) is 0 Å². The van der Waals surface area contributed by atoms with E-state index in [2.05, 4.69) is 10.3 Å². The lowest BCUT2D eigenvalue weighted by molar-refractivity contribution is 0.102. The predicted molar refractivity (Wildman–Crippen MR) is 70.2 cm³/mol. The highest BCUT2D eigenvalue weighted by molar-refractivity contribution is 6.32. The Morgan fingerprint density at radius 3 is 2.83 bits per heavy atom. The quantitative estimate of drug-likeness (QED) is 0.925. The van der Waals surface area contributed by atoms with Crippen LogP contribution in [0.1, 0.15) is 10.4 Å². The summed E-state index contributed by atoms with van der Waals surface area (Å²) in [7, 11) is 1.54. The van der Waals surface area contributed by atoms with Crippen LogP contribution >= 0.6 is 11.6 Å². The van der Waals surface area contributed by atoms with E-state index < -0.39 is 0 Å². The number of carbonyl (C=O) groups is 1. The van der Waals surface area contributed by atoms with Crippen molar-refractivity contribution in [2.24, 2.45) is 0 Å². The first kappa shape index (κ1) is 12.4. The van der Waals surface area contributed by atoms with Crippen LogP contribution in [-0.4, -0.2) is 18.0 Å². The Bertz CT molecular complexity index is 558. The number of anilines is 1. The van der Waals surface area contributed by atoms with Crippen molar-refractivity contribution in [3.05, 3.63) is 53.3 Å². The van der Waals surface area contributed by atoms with Gasteiger partial charge in [-0.3, -0.25) is 9.78 Å². The molecule has 0 unspecified atom stereocenters. The van der Waals surface area contributed by atoms with Crippen LogP contribution in [0.2, 0.25) is 5.02 Å². The number of nitrogens with zero attached hydrogens (tertiary/aromatic N) is 1. The van der Waals surface area contributed by atoms with Gasteiger partial charge in [-0.2, -0.15) is 0 Å². The summed E-state index contributed by atoms with van der Waals surface area (Å²) in [5.74, 6) is 0.334. The molecule has 0 fully saturated rings. The fraction of sp³-hybridized carbons (Fsp3) is 0.0769. The highest BCUT2D eigenvalue weighted by Gasteiger charge is 2.07. The largest absolute Gasteiger partial charge is 0.495 e. The molecule has 18 heavy (non-hydrogen) atoms. The van der Waals surface area contributed by atoms with Gasteiger partial charge >= 0.3 is 0 Å². The zero-order valence-electron chi connectivity index (χ0n) is 9.68. The van der Waals surface area contributed by atoms with Gasteiger partial charge in [0.25, 0.3) is 5.91 Å². The topological polar surface area (TPSA) is 51.2 Å². The molecule has 0 aliphatic carbocycles. The maximum absolute atomic E-state index is 11.9. The van der Waals surface area contributed by atoms with Gasteiger partial charge < -0.3 is 10.1 Å². The molecule has 5 heteroatoms. The minimum Gasteiger partial charge on any atom is -0.495 e. The van der Waals surface area contributed by atoms with E-state index in [1.807, 2.05) is 0 Å². The molecule has 0 aliphatic heterocycles. The van der Waals surface area contributed by atoms with Crippen molar-refractivity contribution in [3.63, 3.8) is 0 Å². The molecular weight excluding hydrogens is 252 g/mol. The number of pyridine rings is 1. The average Bonchev–Trinajstić information content (AvgIpc) is 2.40. The summed E-state index contributed by atoms with van der Waals surface area (Å²) in [6, 6.07) is 8.44. The number of rotatable bonds is 3. The van der Waals surface area contributed by atoms with Crippen LogP contribution in [0.5, 0.6) is 5.75 Å². The van der Waals surface area contributed by atoms with Gasteiger partial charge in [-0.25, -0.2) is 0 Å². The Labute approximate surface area is 110 Å². The number of carbonyl (C=O) groups excluding carboxylic acids is 1. The van der Waals surface area contributed by atoms with E-state index in [0.717, 1.165) is 0 Å². The Hall–Kier alpha value is -2.07. The first-order chi connectivity index (χ1) is 8.70. The first-order valence-electron chi connectivity index (χ1n) is 5.25. The predicted octanol–water partition coefficient (Wildman–Crippen LogP) is 3.00. The fourth-order valence-electron chi connectivity index (χ4n) is 1.44. The van der Waals surface area contributed by atoms with Crippen LogP contribution in [-0.2, 0) is 0 Å². The van der Waals surface area contributed by atoms with E-state index >= 15 is 0 Å². The van der Waals surface area contributed by atoms with Crippen molar-refractivity contribution >= 4 is 23.2 Å². The normalized spacial score (nSPS) is 9.89. The summed E-state index contributed by atoms with van der Waals surface area (Å²) in [6.07, 6.45) is 3.11. The van der Waals surface area contributed by atoms with Gasteiger partial charge in [-0.1, -0.05) is 11.6 Å². The second-order valence-corrected chi connectivity index (χ2v) is 3.95. The van der Waals surface area contributed by atoms with Crippen LogP contribution < -0.4 is 10.1 Å². The molecule has 2 rings (SSSR count). The molecule has 1 aromatic carbocycles. The number of nitrogens with one attached hydrogen (secondary N) is 1. The molecule has 1 aromatic heterocycles. The number of hydrogen-bond acceptors (Lipinski definition) is 3. The maximum Gasteiger partial charge on any atom is 0.257 e. The Morgan fingerprint density at radius 1 is 1.39 bits per heavy atom. The minimum absolute atomic E-state index is 0.232. The Kier molecular flexibility index (Phi) is 3.79. The SMILES string of the molecule is COc1ccc(NC(=O)c2cccnc2)cc1Cl. The summed E-state index contributed by atoms with van der Waals surface area (Å²) in [5, 5.41) is 3.18. The van der Waals surface area contributed by atoms with Crippen LogP contribution in [0.3, 0.4) is 0 Å². The van der Waals surface area contributed by atoms with E-state index in [4.69, 9.17) is 16.3 Å². The second-order valence-electron chi connectivity index (χ2n) is 3.55. The van der Waals surface area contributed by atoms with Gasteiger partial charge in [-0.05, 0) is 30.3 Å². The third-order valence-electron chi connectivity index (χ3n) is 2.33. The van der Waals surface area contributed by atoms with Gasteiger partial charge in [0.1, 0.15) is 5.75 Å². The van der Waals surface area contributed by atoms with Gasteiger partial charge in [-0.15, -0.1) is 0 Å². The number of hydrogen-bond donors (Lipinski definition) is 1. The van der Waals surface area contributed by atoms with Gasteiger partial charge in [0, 0.05) is 18.1 Å². The molecule has 1 N–H and O–H groups in total. The van der Waals surface area contributed by atoms with Crippen LogP contribution in [0, 0.1) is 0 Å². The Balaban J connectivity index is 2.15. The summed E-state index contributed by atoms with van der Waals surface area (Å²) >= 11 is 5.97. The monoisotopic (exact) mass is 262 g/mol. The van der Waals surface area contributed by atoms with E-state index in [-0.39, 0.29) is 5.91 Å². The molecule has 0 saturated carbocycles. The number of amides is 1. The highest BCUT2D eigenvalue weighted by Crippen LogP contribution is 2.27. The van der Waals surface area contributed by atoms with Crippen molar-refractivity contribution in [2.45, 2.75) is 0 Å². The Morgan fingerprint density at radius 2 is 2.22 bits per heavy atom. The standard InChI is InChI=1S/C13H11ClN2O2/c1-18-12-5-4-10(7-11(12)14)16-13(17)9-3-2-6-15-8-9/h2-8H,1H3,(H,16,17). The molecule has 0 radical (unpaired) electrons. The zero-order valence-corrected chi connectivity index (χ0v) is 10.4. The summed E-state index contributed by atoms with van der Waals surface area (Å²) in [6.45, 7) is 0. The van der Waals surface area contributed by atoms with Crippen molar-refractivity contribution in [3.8, 4) is 5.75 Å². The van der Waals surface area contributed by atoms with Crippen LogP contribution in [0.15, 0.2) is 42.7 Å². The molecule has 1 amide bonds. The van der Waals surface area contributed by atoms with Gasteiger partial charge in [0.2, 0.25) is 0 Å². The zero-order chi connectivity index (χ0) is 13.0. The summed E-state index contributed by atoms with van der Waals surface area (Å²) in [4.78, 5) is 15.7. The van der Waals surface area contributed by atoms with Crippen molar-refractivity contribution in [1.82, 2.24) is 4.98 Å². The van der Waals surface area contributed by atoms with Gasteiger partial charge in [0.15, 0.2) is 0 Å². The molecular formula is C13H11ClN2O2. The van der Waals surface area contributed by atoms with Crippen molar-refractivity contribution < 1.29 is 9.53 Å². The van der Waals surface area contributed by atoms with Crippen molar-refractivity contribution in [2.75, 3.05) is 12.4 Å². The lowest BCUT2D eigenvalue weighted by atomic mass is 10.2. The fourth-order valence-corrected chi connectivity index (χ4v) is 1.70. The lowest BCUT2D eigenvalue weighted by Gasteiger charge is -2.07. The number of benzene rings is 1. The van der Waals surface area contributed by atoms with E-state index in [9.17, 15) is 4.79 Å². The number of ether oxygens (including phenoxy) is 1. The second kappa shape index (κ2) is 5.51. The third-order valence-corrected chi connectivity index (χ3v) is 2.63. The summed E-state index contributed by atoms with van der Waals surface area (Å²) < 4.78 is 5.03. The molecule has 4 nitrogen and oxygen atoms in total. The molecule has 0 aliphatic rings. The average molecular weight is 263 g/mol. The maximum atomic E-state index is 11.9. The van der Waals surface area contributed by atoms with E-state index in [1.165, 1.54) is 13.3 Å². The number of aromatic nitrogens is 1. The molecule has 0 spiro atoms. The molecule has 0 bridgehead atoms. The van der Waals surface area contributed by atoms with E-state index in [1.54, 1.807) is 36.5 Å². The molecule has 92 valence electrons. The molecule has 0 saturated heterocycles. The van der Waals surface area contributed by atoms with E-state index in [0.29, 0.717) is 22.0 Å². The lowest BCUT2D eigenvalue weighted by Crippen LogP contribution is -2.11. The number of methoxy groups -OCH3 is 1. The van der Waals surface area contributed by atoms with Gasteiger partial charge in [0.05, 0.1) is 17.7 Å². The molecule has 0 atom stereocenters.